The Morgan fingerprint density at radius 1 is 1.50 bits per heavy atom. The second-order valence-corrected chi connectivity index (χ2v) is 3.73. The van der Waals surface area contributed by atoms with Crippen LogP contribution in [0.1, 0.15) is 5.82 Å². The highest BCUT2D eigenvalue weighted by atomic mass is 35.5. The fourth-order valence-corrected chi connectivity index (χ4v) is 1.67. The number of halogens is 1. The van der Waals surface area contributed by atoms with E-state index in [9.17, 15) is 0 Å². The maximum absolute atomic E-state index is 5.95. The van der Waals surface area contributed by atoms with E-state index in [0.29, 0.717) is 11.6 Å². The molecule has 1 aromatic carbocycles. The number of aromatic amines is 1. The minimum Gasteiger partial charge on any atom is -0.496 e. The number of rotatable bonds is 3. The average molecular weight is 238 g/mol. The monoisotopic (exact) mass is 237 g/mol. The van der Waals surface area contributed by atoms with Gasteiger partial charge in [-0.2, -0.15) is 0 Å². The molecule has 0 saturated heterocycles. The summed E-state index contributed by atoms with van der Waals surface area (Å²) >= 11 is 5.95. The zero-order valence-corrected chi connectivity index (χ0v) is 9.58. The second kappa shape index (κ2) is 4.55. The molecular formula is C11H12ClN3O. The van der Waals surface area contributed by atoms with Crippen LogP contribution in [0.25, 0.3) is 11.3 Å². The normalized spacial score (nSPS) is 10.4. The van der Waals surface area contributed by atoms with Crippen LogP contribution in [0.3, 0.4) is 0 Å². The smallest absolute Gasteiger partial charge is 0.128 e. The lowest BCUT2D eigenvalue weighted by molar-refractivity contribution is 0.416. The van der Waals surface area contributed by atoms with Crippen LogP contribution in [0.15, 0.2) is 24.4 Å². The quantitative estimate of drug-likeness (QED) is 0.860. The number of hydrogen-bond acceptors (Lipinski definition) is 3. The number of benzene rings is 1. The molecule has 0 unspecified atom stereocenters. The highest BCUT2D eigenvalue weighted by Gasteiger charge is 2.09. The van der Waals surface area contributed by atoms with E-state index in [1.165, 1.54) is 0 Å². The van der Waals surface area contributed by atoms with Crippen molar-refractivity contribution in [1.82, 2.24) is 9.97 Å². The van der Waals surface area contributed by atoms with Crippen LogP contribution in [-0.2, 0) is 6.54 Å². The van der Waals surface area contributed by atoms with Crippen LogP contribution in [0.5, 0.6) is 5.75 Å². The molecule has 0 atom stereocenters. The Morgan fingerprint density at radius 2 is 2.31 bits per heavy atom. The van der Waals surface area contributed by atoms with Gasteiger partial charge in [0.15, 0.2) is 0 Å². The van der Waals surface area contributed by atoms with E-state index in [1.54, 1.807) is 19.4 Å². The SMILES string of the molecule is COc1ccc(Cl)cc1-c1cnc(CN)[nH]1. The van der Waals surface area contributed by atoms with Gasteiger partial charge in [-0.25, -0.2) is 4.98 Å². The van der Waals surface area contributed by atoms with Crippen LogP contribution in [0.4, 0.5) is 0 Å². The van der Waals surface area contributed by atoms with Gasteiger partial charge in [-0.1, -0.05) is 11.6 Å². The molecule has 0 aliphatic heterocycles. The van der Waals surface area contributed by atoms with Gasteiger partial charge in [0.05, 0.1) is 25.5 Å². The van der Waals surface area contributed by atoms with Gasteiger partial charge >= 0.3 is 0 Å². The fourth-order valence-electron chi connectivity index (χ4n) is 1.49. The summed E-state index contributed by atoms with van der Waals surface area (Å²) in [6, 6.07) is 5.43. The summed E-state index contributed by atoms with van der Waals surface area (Å²) in [5, 5.41) is 0.652. The Bertz CT molecular complexity index is 496. The van der Waals surface area contributed by atoms with Crippen LogP contribution >= 0.6 is 11.6 Å². The first-order valence-electron chi connectivity index (χ1n) is 4.82. The highest BCUT2D eigenvalue weighted by molar-refractivity contribution is 6.30. The van der Waals surface area contributed by atoms with Gasteiger partial charge in [0.25, 0.3) is 0 Å². The zero-order chi connectivity index (χ0) is 11.5. The van der Waals surface area contributed by atoms with Crippen LogP contribution in [-0.4, -0.2) is 17.1 Å². The number of nitrogens with two attached hydrogens (primary N) is 1. The van der Waals surface area contributed by atoms with Gasteiger partial charge in [0, 0.05) is 10.6 Å². The molecule has 1 aromatic heterocycles. The predicted molar refractivity (Wildman–Crippen MR) is 63.5 cm³/mol. The zero-order valence-electron chi connectivity index (χ0n) is 8.83. The second-order valence-electron chi connectivity index (χ2n) is 3.29. The lowest BCUT2D eigenvalue weighted by Gasteiger charge is -2.06. The lowest BCUT2D eigenvalue weighted by atomic mass is 10.1. The van der Waals surface area contributed by atoms with E-state index in [1.807, 2.05) is 12.1 Å². The third-order valence-electron chi connectivity index (χ3n) is 2.27. The first kappa shape index (κ1) is 11.0. The lowest BCUT2D eigenvalue weighted by Crippen LogP contribution is -1.97. The molecule has 2 aromatic rings. The third-order valence-corrected chi connectivity index (χ3v) is 2.51. The fraction of sp³-hybridized carbons (Fsp3) is 0.182. The largest absolute Gasteiger partial charge is 0.496 e. The van der Waals surface area contributed by atoms with Crippen LogP contribution < -0.4 is 10.5 Å². The van der Waals surface area contributed by atoms with Crippen molar-refractivity contribution in [3.63, 3.8) is 0 Å². The molecule has 2 rings (SSSR count). The van der Waals surface area contributed by atoms with Gasteiger partial charge in [0.2, 0.25) is 0 Å². The Morgan fingerprint density at radius 3 is 2.94 bits per heavy atom. The molecule has 0 fully saturated rings. The Kier molecular flexibility index (Phi) is 3.12. The molecule has 4 nitrogen and oxygen atoms in total. The number of aromatic nitrogens is 2. The van der Waals surface area contributed by atoms with Crippen molar-refractivity contribution in [2.75, 3.05) is 7.11 Å². The summed E-state index contributed by atoms with van der Waals surface area (Å²) in [6.07, 6.45) is 1.72. The van der Waals surface area contributed by atoms with E-state index in [-0.39, 0.29) is 0 Å². The van der Waals surface area contributed by atoms with Crippen molar-refractivity contribution in [2.45, 2.75) is 6.54 Å². The van der Waals surface area contributed by atoms with Gasteiger partial charge in [-0.3, -0.25) is 0 Å². The number of nitrogens with one attached hydrogen (secondary N) is 1. The number of imidazole rings is 1. The molecule has 16 heavy (non-hydrogen) atoms. The van der Waals surface area contributed by atoms with Crippen LogP contribution in [0.2, 0.25) is 5.02 Å². The van der Waals surface area contributed by atoms with Gasteiger partial charge < -0.3 is 15.5 Å². The summed E-state index contributed by atoms with van der Waals surface area (Å²) in [7, 11) is 1.62. The molecule has 3 N–H and O–H groups in total. The third kappa shape index (κ3) is 2.03. The molecule has 5 heteroatoms. The molecule has 1 heterocycles. The van der Waals surface area contributed by atoms with E-state index < -0.39 is 0 Å². The van der Waals surface area contributed by atoms with Crippen molar-refractivity contribution in [2.24, 2.45) is 5.73 Å². The molecule has 0 amide bonds. The summed E-state index contributed by atoms with van der Waals surface area (Å²) in [5.41, 5.74) is 7.21. The van der Waals surface area contributed by atoms with Crippen molar-refractivity contribution in [3.8, 4) is 17.0 Å². The average Bonchev–Trinajstić information content (AvgIpc) is 2.77. The summed E-state index contributed by atoms with van der Waals surface area (Å²) < 4.78 is 5.26. The number of ether oxygens (including phenoxy) is 1. The van der Waals surface area contributed by atoms with Gasteiger partial charge in [-0.15, -0.1) is 0 Å². The Labute approximate surface area is 98.4 Å². The van der Waals surface area contributed by atoms with Crippen molar-refractivity contribution in [1.29, 1.82) is 0 Å². The molecule has 0 aliphatic rings. The van der Waals surface area contributed by atoms with Crippen molar-refractivity contribution >= 4 is 11.6 Å². The Balaban J connectivity index is 2.49. The highest BCUT2D eigenvalue weighted by Crippen LogP contribution is 2.31. The first-order valence-corrected chi connectivity index (χ1v) is 5.20. The molecule has 0 bridgehead atoms. The topological polar surface area (TPSA) is 63.9 Å². The summed E-state index contributed by atoms with van der Waals surface area (Å²) in [5.74, 6) is 1.48. The van der Waals surface area contributed by atoms with Gasteiger partial charge in [0.1, 0.15) is 11.6 Å². The minimum absolute atomic E-state index is 0.378. The van der Waals surface area contributed by atoms with Crippen molar-refractivity contribution in [3.05, 3.63) is 35.2 Å². The molecule has 0 radical (unpaired) electrons. The maximum Gasteiger partial charge on any atom is 0.128 e. The summed E-state index contributed by atoms with van der Waals surface area (Å²) in [6.45, 7) is 0.378. The van der Waals surface area contributed by atoms with E-state index >= 15 is 0 Å². The van der Waals surface area contributed by atoms with Crippen molar-refractivity contribution < 1.29 is 4.74 Å². The predicted octanol–water partition coefficient (Wildman–Crippen LogP) is 2.20. The molecular weight excluding hydrogens is 226 g/mol. The first-order chi connectivity index (χ1) is 7.74. The molecule has 0 saturated carbocycles. The number of hydrogen-bond donors (Lipinski definition) is 2. The van der Waals surface area contributed by atoms with Crippen LogP contribution in [0, 0.1) is 0 Å². The van der Waals surface area contributed by atoms with Gasteiger partial charge in [-0.05, 0) is 18.2 Å². The summed E-state index contributed by atoms with van der Waals surface area (Å²) in [4.78, 5) is 7.24. The number of nitrogens with zero attached hydrogens (tertiary/aromatic N) is 1. The van der Waals surface area contributed by atoms with E-state index in [0.717, 1.165) is 22.8 Å². The standard InChI is InChI=1S/C11H12ClN3O/c1-16-10-3-2-7(12)4-8(10)9-6-14-11(5-13)15-9/h2-4,6H,5,13H2,1H3,(H,14,15). The van der Waals surface area contributed by atoms with E-state index in [4.69, 9.17) is 22.1 Å². The Hall–Kier alpha value is -1.52. The minimum atomic E-state index is 0.378. The molecule has 0 spiro atoms. The number of methoxy groups -OCH3 is 1. The van der Waals surface area contributed by atoms with E-state index in [2.05, 4.69) is 9.97 Å². The molecule has 84 valence electrons. The number of H-pyrrole nitrogens is 1. The maximum atomic E-state index is 5.95. The molecule has 0 aliphatic carbocycles.